The minimum atomic E-state index is 0.594. The van der Waals surface area contributed by atoms with Gasteiger partial charge in [0.2, 0.25) is 0 Å². The summed E-state index contributed by atoms with van der Waals surface area (Å²) in [6.07, 6.45) is 9.50. The summed E-state index contributed by atoms with van der Waals surface area (Å²) in [5, 5.41) is 0. The van der Waals surface area contributed by atoms with Gasteiger partial charge in [-0.15, -0.1) is 0 Å². The highest BCUT2D eigenvalue weighted by atomic mass is 16.5. The number of pyridine rings is 1. The van der Waals surface area contributed by atoms with Crippen LogP contribution in [0, 0.1) is 5.92 Å². The molecule has 2 heteroatoms. The maximum Gasteiger partial charge on any atom is 0.119 e. The van der Waals surface area contributed by atoms with Gasteiger partial charge in [0.05, 0.1) is 12.3 Å². The lowest BCUT2D eigenvalue weighted by Crippen LogP contribution is -2.06. The second kappa shape index (κ2) is 10.1. The van der Waals surface area contributed by atoms with Crippen LogP contribution in [0.5, 0.6) is 5.75 Å². The van der Waals surface area contributed by atoms with Crippen molar-refractivity contribution in [3.8, 4) is 17.0 Å². The molecule has 0 amide bonds. The van der Waals surface area contributed by atoms with E-state index in [2.05, 4.69) is 50.0 Å². The van der Waals surface area contributed by atoms with Gasteiger partial charge in [0, 0.05) is 11.8 Å². The zero-order valence-electron chi connectivity index (χ0n) is 15.4. The smallest absolute Gasteiger partial charge is 0.119 e. The third-order valence-electron chi connectivity index (χ3n) is 4.53. The van der Waals surface area contributed by atoms with Crippen LogP contribution < -0.4 is 4.74 Å². The van der Waals surface area contributed by atoms with Crippen molar-refractivity contribution in [3.05, 3.63) is 48.2 Å². The van der Waals surface area contributed by atoms with Crippen LogP contribution in [0.15, 0.2) is 42.6 Å². The lowest BCUT2D eigenvalue weighted by atomic mass is 10.1. The maximum absolute atomic E-state index is 5.81. The summed E-state index contributed by atoms with van der Waals surface area (Å²) in [7, 11) is 0. The second-order valence-electron chi connectivity index (χ2n) is 6.71. The summed E-state index contributed by atoms with van der Waals surface area (Å²) in [5.74, 6) is 1.53. The van der Waals surface area contributed by atoms with Crippen molar-refractivity contribution in [3.63, 3.8) is 0 Å². The third kappa shape index (κ3) is 5.99. The fourth-order valence-electron chi connectivity index (χ4n) is 2.58. The van der Waals surface area contributed by atoms with Gasteiger partial charge in [0.15, 0.2) is 0 Å². The summed E-state index contributed by atoms with van der Waals surface area (Å²) in [6, 6.07) is 12.6. The van der Waals surface area contributed by atoms with Gasteiger partial charge < -0.3 is 4.74 Å². The van der Waals surface area contributed by atoms with Gasteiger partial charge in [-0.05, 0) is 54.7 Å². The van der Waals surface area contributed by atoms with Gasteiger partial charge in [0.1, 0.15) is 5.75 Å². The Hall–Kier alpha value is -1.83. The standard InChI is InChI=1S/C22H31NO/c1-4-6-7-8-9-19-10-15-22(23-16-19)20-11-13-21(14-12-20)24-17-18(3)5-2/h10-16,18H,4-9,17H2,1-3H3. The van der Waals surface area contributed by atoms with Crippen LogP contribution in [0.4, 0.5) is 0 Å². The normalized spacial score (nSPS) is 12.1. The number of hydrogen-bond donors (Lipinski definition) is 0. The molecule has 24 heavy (non-hydrogen) atoms. The van der Waals surface area contributed by atoms with E-state index in [0.29, 0.717) is 5.92 Å². The molecular formula is C22H31NO. The average Bonchev–Trinajstić information content (AvgIpc) is 2.64. The Labute approximate surface area is 147 Å². The van der Waals surface area contributed by atoms with E-state index >= 15 is 0 Å². The molecule has 1 unspecified atom stereocenters. The number of ether oxygens (including phenoxy) is 1. The summed E-state index contributed by atoms with van der Waals surface area (Å²) >= 11 is 0. The molecular weight excluding hydrogens is 294 g/mol. The van der Waals surface area contributed by atoms with E-state index in [1.54, 1.807) is 0 Å². The largest absolute Gasteiger partial charge is 0.493 e. The second-order valence-corrected chi connectivity index (χ2v) is 6.71. The number of hydrogen-bond acceptors (Lipinski definition) is 2. The molecule has 0 aliphatic rings. The van der Waals surface area contributed by atoms with Gasteiger partial charge in [-0.3, -0.25) is 4.98 Å². The number of aromatic nitrogens is 1. The van der Waals surface area contributed by atoms with Gasteiger partial charge >= 0.3 is 0 Å². The Balaban J connectivity index is 1.89. The summed E-state index contributed by atoms with van der Waals surface area (Å²) in [4.78, 5) is 4.62. The van der Waals surface area contributed by atoms with Crippen molar-refractivity contribution in [2.24, 2.45) is 5.92 Å². The Bertz CT molecular complexity index is 574. The quantitative estimate of drug-likeness (QED) is 0.478. The van der Waals surface area contributed by atoms with E-state index in [9.17, 15) is 0 Å². The molecule has 1 aromatic carbocycles. The molecule has 0 N–H and O–H groups in total. The first-order valence-corrected chi connectivity index (χ1v) is 9.41. The van der Waals surface area contributed by atoms with Gasteiger partial charge in [0.25, 0.3) is 0 Å². The van der Waals surface area contributed by atoms with Crippen LogP contribution in [0.25, 0.3) is 11.3 Å². The maximum atomic E-state index is 5.81. The van der Waals surface area contributed by atoms with E-state index in [1.807, 2.05) is 18.3 Å². The molecule has 130 valence electrons. The molecule has 1 heterocycles. The zero-order chi connectivity index (χ0) is 17.2. The Kier molecular flexibility index (Phi) is 7.81. The van der Waals surface area contributed by atoms with Crippen molar-refractivity contribution in [2.75, 3.05) is 6.61 Å². The minimum absolute atomic E-state index is 0.594. The van der Waals surface area contributed by atoms with Gasteiger partial charge in [-0.25, -0.2) is 0 Å². The molecule has 0 aliphatic carbocycles. The van der Waals surface area contributed by atoms with E-state index in [-0.39, 0.29) is 0 Å². The fourth-order valence-corrected chi connectivity index (χ4v) is 2.58. The molecule has 0 fully saturated rings. The number of unbranched alkanes of at least 4 members (excludes halogenated alkanes) is 3. The molecule has 0 aliphatic heterocycles. The Morgan fingerprint density at radius 1 is 0.958 bits per heavy atom. The highest BCUT2D eigenvalue weighted by Gasteiger charge is 2.03. The highest BCUT2D eigenvalue weighted by Crippen LogP contribution is 2.22. The predicted molar refractivity (Wildman–Crippen MR) is 102 cm³/mol. The zero-order valence-corrected chi connectivity index (χ0v) is 15.4. The molecule has 1 aromatic heterocycles. The third-order valence-corrected chi connectivity index (χ3v) is 4.53. The Morgan fingerprint density at radius 2 is 1.75 bits per heavy atom. The average molecular weight is 325 g/mol. The molecule has 2 rings (SSSR count). The predicted octanol–water partition coefficient (Wildman–Crippen LogP) is 6.30. The molecule has 2 nitrogen and oxygen atoms in total. The lowest BCUT2D eigenvalue weighted by Gasteiger charge is -2.11. The van der Waals surface area contributed by atoms with Crippen molar-refractivity contribution < 1.29 is 4.74 Å². The van der Waals surface area contributed by atoms with Crippen LogP contribution in [0.2, 0.25) is 0 Å². The van der Waals surface area contributed by atoms with E-state index < -0.39 is 0 Å². The molecule has 0 saturated carbocycles. The first-order chi connectivity index (χ1) is 11.7. The first kappa shape index (κ1) is 18.5. The molecule has 2 aromatic rings. The molecule has 0 spiro atoms. The van der Waals surface area contributed by atoms with Crippen LogP contribution >= 0.6 is 0 Å². The van der Waals surface area contributed by atoms with E-state index in [0.717, 1.165) is 36.5 Å². The molecule has 1 atom stereocenters. The molecule has 0 saturated heterocycles. The van der Waals surface area contributed by atoms with Crippen LogP contribution in [0.3, 0.4) is 0 Å². The van der Waals surface area contributed by atoms with Crippen LogP contribution in [-0.4, -0.2) is 11.6 Å². The number of aryl methyl sites for hydroxylation is 1. The highest BCUT2D eigenvalue weighted by molar-refractivity contribution is 5.60. The lowest BCUT2D eigenvalue weighted by molar-refractivity contribution is 0.256. The first-order valence-electron chi connectivity index (χ1n) is 9.41. The fraction of sp³-hybridized carbons (Fsp3) is 0.500. The summed E-state index contributed by atoms with van der Waals surface area (Å²) in [6.45, 7) is 7.43. The molecule has 0 bridgehead atoms. The summed E-state index contributed by atoms with van der Waals surface area (Å²) < 4.78 is 5.81. The molecule has 0 radical (unpaired) electrons. The Morgan fingerprint density at radius 3 is 2.38 bits per heavy atom. The van der Waals surface area contributed by atoms with Crippen molar-refractivity contribution in [1.82, 2.24) is 4.98 Å². The van der Waals surface area contributed by atoms with E-state index in [4.69, 9.17) is 4.74 Å². The SMILES string of the molecule is CCCCCCc1ccc(-c2ccc(OCC(C)CC)cc2)nc1. The van der Waals surface area contributed by atoms with Crippen LogP contribution in [-0.2, 0) is 6.42 Å². The van der Waals surface area contributed by atoms with Crippen molar-refractivity contribution in [1.29, 1.82) is 0 Å². The van der Waals surface area contributed by atoms with Crippen molar-refractivity contribution in [2.45, 2.75) is 59.3 Å². The van der Waals surface area contributed by atoms with E-state index in [1.165, 1.54) is 31.2 Å². The monoisotopic (exact) mass is 325 g/mol. The minimum Gasteiger partial charge on any atom is -0.493 e. The van der Waals surface area contributed by atoms with Crippen molar-refractivity contribution >= 4 is 0 Å². The van der Waals surface area contributed by atoms with Gasteiger partial charge in [-0.2, -0.15) is 0 Å². The topological polar surface area (TPSA) is 22.1 Å². The number of benzene rings is 1. The summed E-state index contributed by atoms with van der Waals surface area (Å²) in [5.41, 5.74) is 3.51. The van der Waals surface area contributed by atoms with Gasteiger partial charge in [-0.1, -0.05) is 52.5 Å². The number of rotatable bonds is 10. The number of nitrogens with zero attached hydrogens (tertiary/aromatic N) is 1. The van der Waals surface area contributed by atoms with Crippen LogP contribution in [0.1, 0.15) is 58.4 Å².